The van der Waals surface area contributed by atoms with E-state index >= 15 is 0 Å². The Morgan fingerprint density at radius 2 is 1.76 bits per heavy atom. The molecule has 1 rings (SSSR count). The van der Waals surface area contributed by atoms with Gasteiger partial charge in [0.2, 0.25) is 5.91 Å². The Labute approximate surface area is 118 Å². The van der Waals surface area contributed by atoms with Crippen LogP contribution in [0.2, 0.25) is 0 Å². The number of carbonyl (C=O) groups excluding carboxylic acids is 2. The van der Waals surface area contributed by atoms with Crippen LogP contribution in [0.25, 0.3) is 0 Å². The molecule has 0 aliphatic rings. The molecule has 2 N–H and O–H groups in total. The minimum atomic E-state index is -4.75. The molecule has 0 aliphatic carbocycles. The first-order chi connectivity index (χ1) is 9.77. The summed E-state index contributed by atoms with van der Waals surface area (Å²) in [5.74, 6) is -7.04. The molecule has 116 valence electrons. The van der Waals surface area contributed by atoms with Gasteiger partial charge in [-0.05, 0) is 24.6 Å². The molecule has 4 nitrogen and oxygen atoms in total. The van der Waals surface area contributed by atoms with Crippen LogP contribution in [0.5, 0.6) is 0 Å². The zero-order chi connectivity index (χ0) is 16.0. The van der Waals surface area contributed by atoms with E-state index in [1.165, 1.54) is 24.3 Å². The molecule has 0 spiro atoms. The van der Waals surface area contributed by atoms with Gasteiger partial charge in [-0.1, -0.05) is 12.1 Å². The van der Waals surface area contributed by atoms with E-state index in [1.807, 2.05) is 0 Å². The fourth-order valence-corrected chi connectivity index (χ4v) is 1.46. The van der Waals surface area contributed by atoms with Gasteiger partial charge in [0.25, 0.3) is 0 Å². The predicted octanol–water partition coefficient (Wildman–Crippen LogP) is 2.20. The summed E-state index contributed by atoms with van der Waals surface area (Å²) < 4.78 is 49.5. The highest BCUT2D eigenvalue weighted by molar-refractivity contribution is 5.96. The van der Waals surface area contributed by atoms with Crippen LogP contribution in [0.4, 0.5) is 23.2 Å². The minimum absolute atomic E-state index is 0.0556. The predicted molar refractivity (Wildman–Crippen MR) is 68.4 cm³/mol. The van der Waals surface area contributed by atoms with Crippen molar-refractivity contribution in [1.82, 2.24) is 5.32 Å². The average molecular weight is 306 g/mol. The molecule has 0 saturated carbocycles. The van der Waals surface area contributed by atoms with Crippen molar-refractivity contribution in [2.45, 2.75) is 25.7 Å². The number of anilines is 1. The Morgan fingerprint density at radius 1 is 1.19 bits per heavy atom. The van der Waals surface area contributed by atoms with Gasteiger partial charge in [0.05, 0.1) is 6.42 Å². The van der Waals surface area contributed by atoms with Gasteiger partial charge in [-0.3, -0.25) is 9.59 Å². The second-order valence-electron chi connectivity index (χ2n) is 4.20. The number of likely N-dealkylation sites (N-methyl/N-ethyl adjacent to an activating group) is 1. The van der Waals surface area contributed by atoms with Crippen LogP contribution in [0.15, 0.2) is 24.3 Å². The normalized spacial score (nSPS) is 11.3. The third-order valence-electron chi connectivity index (χ3n) is 2.53. The number of alkyl halides is 4. The molecule has 2 amide bonds. The number of halogens is 4. The molecule has 21 heavy (non-hydrogen) atoms. The van der Waals surface area contributed by atoms with Crippen molar-refractivity contribution >= 4 is 17.5 Å². The Kier molecular flexibility index (Phi) is 5.69. The highest BCUT2D eigenvalue weighted by Gasteiger charge is 2.48. The quantitative estimate of drug-likeness (QED) is 0.792. The standard InChI is InChI=1S/C13H14F4N2O2/c1-2-18-10(20)7-8-3-5-9(6-4-8)19-12(21)13(16,17)11(14)15/h3-6,11H,2,7H2,1H3,(H,18,20)(H,19,21). The second kappa shape index (κ2) is 7.05. The zero-order valence-corrected chi connectivity index (χ0v) is 11.1. The van der Waals surface area contributed by atoms with E-state index in [-0.39, 0.29) is 18.0 Å². The van der Waals surface area contributed by atoms with E-state index in [0.29, 0.717) is 12.1 Å². The van der Waals surface area contributed by atoms with Gasteiger partial charge in [0, 0.05) is 12.2 Å². The summed E-state index contributed by atoms with van der Waals surface area (Å²) in [5, 5.41) is 4.28. The fraction of sp³-hybridized carbons (Fsp3) is 0.385. The third-order valence-corrected chi connectivity index (χ3v) is 2.53. The largest absolute Gasteiger partial charge is 0.383 e. The molecule has 0 heterocycles. The van der Waals surface area contributed by atoms with Crippen molar-refractivity contribution in [3.63, 3.8) is 0 Å². The Morgan fingerprint density at radius 3 is 2.24 bits per heavy atom. The molecule has 0 aliphatic heterocycles. The number of nitrogens with one attached hydrogen (secondary N) is 2. The van der Waals surface area contributed by atoms with Gasteiger partial charge in [-0.15, -0.1) is 0 Å². The summed E-state index contributed by atoms with van der Waals surface area (Å²) in [6.07, 6.45) is -3.98. The molecule has 0 saturated heterocycles. The second-order valence-corrected chi connectivity index (χ2v) is 4.20. The maximum atomic E-state index is 12.7. The Balaban J connectivity index is 2.67. The van der Waals surface area contributed by atoms with Crippen LogP contribution in [0, 0.1) is 0 Å². The molecule has 0 fully saturated rings. The van der Waals surface area contributed by atoms with Crippen LogP contribution >= 0.6 is 0 Å². The first-order valence-corrected chi connectivity index (χ1v) is 6.10. The maximum Gasteiger partial charge on any atom is 0.383 e. The van der Waals surface area contributed by atoms with Gasteiger partial charge < -0.3 is 10.6 Å². The van der Waals surface area contributed by atoms with Crippen molar-refractivity contribution in [2.24, 2.45) is 0 Å². The van der Waals surface area contributed by atoms with Gasteiger partial charge in [-0.25, -0.2) is 8.78 Å². The van der Waals surface area contributed by atoms with E-state index in [1.54, 1.807) is 12.2 Å². The molecule has 0 bridgehead atoms. The van der Waals surface area contributed by atoms with E-state index in [4.69, 9.17) is 0 Å². The van der Waals surface area contributed by atoms with Crippen molar-refractivity contribution in [2.75, 3.05) is 11.9 Å². The van der Waals surface area contributed by atoms with Crippen LogP contribution in [0.1, 0.15) is 12.5 Å². The molecule has 1 aromatic carbocycles. The molecule has 8 heteroatoms. The SMILES string of the molecule is CCNC(=O)Cc1ccc(NC(=O)C(F)(F)C(F)F)cc1. The average Bonchev–Trinajstić information content (AvgIpc) is 2.41. The van der Waals surface area contributed by atoms with Gasteiger partial charge in [0.1, 0.15) is 0 Å². The van der Waals surface area contributed by atoms with E-state index < -0.39 is 18.3 Å². The number of rotatable bonds is 6. The van der Waals surface area contributed by atoms with Crippen molar-refractivity contribution < 1.29 is 27.2 Å². The Bertz CT molecular complexity index is 503. The van der Waals surface area contributed by atoms with Crippen molar-refractivity contribution in [1.29, 1.82) is 0 Å². The van der Waals surface area contributed by atoms with E-state index in [9.17, 15) is 27.2 Å². The van der Waals surface area contributed by atoms with Crippen molar-refractivity contribution in [3.8, 4) is 0 Å². The van der Waals surface area contributed by atoms with Gasteiger partial charge in [0.15, 0.2) is 0 Å². The highest BCUT2D eigenvalue weighted by Crippen LogP contribution is 2.24. The number of amides is 2. The van der Waals surface area contributed by atoms with Gasteiger partial charge >= 0.3 is 18.3 Å². The van der Waals surface area contributed by atoms with E-state index in [2.05, 4.69) is 5.32 Å². The lowest BCUT2D eigenvalue weighted by atomic mass is 10.1. The smallest absolute Gasteiger partial charge is 0.356 e. The van der Waals surface area contributed by atoms with E-state index in [0.717, 1.165) is 0 Å². The number of hydrogen-bond donors (Lipinski definition) is 2. The first-order valence-electron chi connectivity index (χ1n) is 6.10. The summed E-state index contributed by atoms with van der Waals surface area (Å²) in [6.45, 7) is 2.25. The summed E-state index contributed by atoms with van der Waals surface area (Å²) in [4.78, 5) is 22.3. The number of benzene rings is 1. The Hall–Kier alpha value is -2.12. The summed E-state index contributed by atoms with van der Waals surface area (Å²) in [5.41, 5.74) is 0.541. The number of hydrogen-bond acceptors (Lipinski definition) is 2. The molecule has 0 unspecified atom stereocenters. The summed E-state index contributed by atoms with van der Waals surface area (Å²) >= 11 is 0. The number of carbonyl (C=O) groups is 2. The minimum Gasteiger partial charge on any atom is -0.356 e. The molecule has 0 aromatic heterocycles. The maximum absolute atomic E-state index is 12.7. The highest BCUT2D eigenvalue weighted by atomic mass is 19.3. The lowest BCUT2D eigenvalue weighted by Crippen LogP contribution is -2.40. The van der Waals surface area contributed by atoms with Crippen LogP contribution in [0.3, 0.4) is 0 Å². The first kappa shape index (κ1) is 16.9. The van der Waals surface area contributed by atoms with Crippen LogP contribution < -0.4 is 10.6 Å². The fourth-order valence-electron chi connectivity index (χ4n) is 1.46. The van der Waals surface area contributed by atoms with Gasteiger partial charge in [-0.2, -0.15) is 8.78 Å². The summed E-state index contributed by atoms with van der Waals surface area (Å²) in [7, 11) is 0. The van der Waals surface area contributed by atoms with Crippen molar-refractivity contribution in [3.05, 3.63) is 29.8 Å². The lowest BCUT2D eigenvalue weighted by molar-refractivity contribution is -0.163. The molecule has 0 atom stereocenters. The molecule has 0 radical (unpaired) electrons. The monoisotopic (exact) mass is 306 g/mol. The molecular weight excluding hydrogens is 292 g/mol. The third kappa shape index (κ3) is 4.73. The molecule has 1 aromatic rings. The molecular formula is C13H14F4N2O2. The lowest BCUT2D eigenvalue weighted by Gasteiger charge is -2.14. The summed E-state index contributed by atoms with van der Waals surface area (Å²) in [6, 6.07) is 5.39. The topological polar surface area (TPSA) is 58.2 Å². The van der Waals surface area contributed by atoms with Crippen LogP contribution in [-0.2, 0) is 16.0 Å². The van der Waals surface area contributed by atoms with Crippen LogP contribution in [-0.4, -0.2) is 30.7 Å². The zero-order valence-electron chi connectivity index (χ0n) is 11.1.